The summed E-state index contributed by atoms with van der Waals surface area (Å²) in [6.45, 7) is 1.19. The van der Waals surface area contributed by atoms with Gasteiger partial charge in [-0.15, -0.1) is 0 Å². The topological polar surface area (TPSA) is 31.2 Å². The number of rotatable bonds is 2. The fourth-order valence-electron chi connectivity index (χ4n) is 2.33. The summed E-state index contributed by atoms with van der Waals surface area (Å²) in [5.74, 6) is 0.913. The molecule has 6 heteroatoms. The Labute approximate surface area is 141 Å². The lowest BCUT2D eigenvalue weighted by molar-refractivity contribution is 0.352. The molecule has 104 valence electrons. The van der Waals surface area contributed by atoms with E-state index in [1.165, 1.54) is 5.56 Å². The van der Waals surface area contributed by atoms with Gasteiger partial charge in [0.15, 0.2) is 0 Å². The van der Waals surface area contributed by atoms with Crippen LogP contribution >= 0.6 is 47.8 Å². The first-order valence-corrected chi connectivity index (χ1v) is 8.42. The number of ether oxygens (including phenoxy) is 1. The zero-order valence-electron chi connectivity index (χ0n) is 10.3. The normalized spacial score (nSPS) is 13.2. The molecular weight excluding hydrogens is 454 g/mol. The van der Waals surface area contributed by atoms with Crippen LogP contribution in [0.1, 0.15) is 11.1 Å². The summed E-state index contributed by atoms with van der Waals surface area (Å²) >= 11 is 10.2. The predicted molar refractivity (Wildman–Crippen MR) is 88.5 cm³/mol. The maximum absolute atomic E-state index is 12.2. The molecule has 3 rings (SSSR count). The van der Waals surface area contributed by atoms with Crippen LogP contribution in [-0.2, 0) is 13.0 Å². The van der Waals surface area contributed by atoms with Crippen molar-refractivity contribution >= 4 is 47.8 Å². The third kappa shape index (κ3) is 2.73. The van der Waals surface area contributed by atoms with E-state index in [9.17, 15) is 4.79 Å². The molecule has 0 radical (unpaired) electrons. The third-order valence-corrected chi connectivity index (χ3v) is 4.63. The van der Waals surface area contributed by atoms with Gasteiger partial charge in [-0.3, -0.25) is 4.79 Å². The zero-order chi connectivity index (χ0) is 14.3. The van der Waals surface area contributed by atoms with Gasteiger partial charge in [0.2, 0.25) is 0 Å². The largest absolute Gasteiger partial charge is 0.493 e. The van der Waals surface area contributed by atoms with E-state index in [2.05, 4.69) is 53.9 Å². The van der Waals surface area contributed by atoms with Crippen molar-refractivity contribution in [1.82, 2.24) is 4.57 Å². The summed E-state index contributed by atoms with van der Waals surface area (Å²) in [6, 6.07) is 5.83. The van der Waals surface area contributed by atoms with Gasteiger partial charge in [-0.2, -0.15) is 0 Å². The molecule has 0 atom stereocenters. The molecule has 0 spiro atoms. The maximum atomic E-state index is 12.2. The molecule has 3 nitrogen and oxygen atoms in total. The van der Waals surface area contributed by atoms with E-state index < -0.39 is 0 Å². The van der Waals surface area contributed by atoms with Crippen LogP contribution in [-0.4, -0.2) is 11.2 Å². The number of hydrogen-bond donors (Lipinski definition) is 0. The predicted octanol–water partition coefficient (Wildman–Crippen LogP) is 4.12. The van der Waals surface area contributed by atoms with Crippen molar-refractivity contribution in [3.8, 4) is 5.75 Å². The highest BCUT2D eigenvalue weighted by molar-refractivity contribution is 9.11. The summed E-state index contributed by atoms with van der Waals surface area (Å²) in [4.78, 5) is 12.2. The Hall–Kier alpha value is -0.590. The first kappa shape index (κ1) is 14.4. The lowest BCUT2D eigenvalue weighted by Crippen LogP contribution is -2.21. The smallest absolute Gasteiger partial charge is 0.265 e. The molecule has 0 saturated heterocycles. The van der Waals surface area contributed by atoms with Crippen LogP contribution in [0.5, 0.6) is 5.75 Å². The van der Waals surface area contributed by atoms with Gasteiger partial charge in [-0.1, -0.05) is 15.9 Å². The highest BCUT2D eigenvalue weighted by atomic mass is 79.9. The Morgan fingerprint density at radius 3 is 2.75 bits per heavy atom. The fraction of sp³-hybridized carbons (Fsp3) is 0.214. The lowest BCUT2D eigenvalue weighted by atomic mass is 10.1. The Morgan fingerprint density at radius 2 is 1.95 bits per heavy atom. The van der Waals surface area contributed by atoms with Gasteiger partial charge in [0.05, 0.1) is 17.6 Å². The first-order valence-electron chi connectivity index (χ1n) is 6.04. The van der Waals surface area contributed by atoms with Crippen molar-refractivity contribution in [2.45, 2.75) is 13.0 Å². The molecule has 1 aliphatic rings. The van der Waals surface area contributed by atoms with E-state index in [4.69, 9.17) is 4.74 Å². The lowest BCUT2D eigenvalue weighted by Gasteiger charge is -2.12. The molecular formula is C14H10Br3NO2. The molecule has 1 aromatic carbocycles. The minimum atomic E-state index is -0.0556. The monoisotopic (exact) mass is 461 g/mol. The number of benzene rings is 1. The van der Waals surface area contributed by atoms with Crippen LogP contribution in [0, 0.1) is 0 Å². The number of nitrogens with zero attached hydrogens (tertiary/aromatic N) is 1. The van der Waals surface area contributed by atoms with E-state index >= 15 is 0 Å². The summed E-state index contributed by atoms with van der Waals surface area (Å²) in [5.41, 5.74) is 2.15. The highest BCUT2D eigenvalue weighted by Crippen LogP contribution is 2.33. The van der Waals surface area contributed by atoms with Crippen LogP contribution in [0.4, 0.5) is 0 Å². The quantitative estimate of drug-likeness (QED) is 0.671. The zero-order valence-corrected chi connectivity index (χ0v) is 15.1. The van der Waals surface area contributed by atoms with Gasteiger partial charge in [0.1, 0.15) is 5.75 Å². The molecule has 0 unspecified atom stereocenters. The van der Waals surface area contributed by atoms with Crippen molar-refractivity contribution in [3.05, 3.63) is 59.3 Å². The number of hydrogen-bond acceptors (Lipinski definition) is 2. The molecule has 0 bridgehead atoms. The number of pyridine rings is 1. The van der Waals surface area contributed by atoms with Crippen LogP contribution in [0.3, 0.4) is 0 Å². The molecule has 0 amide bonds. The highest BCUT2D eigenvalue weighted by Gasteiger charge is 2.18. The van der Waals surface area contributed by atoms with Gasteiger partial charge >= 0.3 is 0 Å². The second-order valence-electron chi connectivity index (χ2n) is 4.59. The van der Waals surface area contributed by atoms with Crippen LogP contribution in [0.25, 0.3) is 0 Å². The number of halogens is 3. The minimum Gasteiger partial charge on any atom is -0.493 e. The van der Waals surface area contributed by atoms with Gasteiger partial charge in [-0.05, 0) is 55.6 Å². The van der Waals surface area contributed by atoms with E-state index in [0.29, 0.717) is 17.6 Å². The van der Waals surface area contributed by atoms with E-state index in [1.54, 1.807) is 16.8 Å². The Balaban J connectivity index is 2.07. The molecule has 2 aromatic rings. The minimum absolute atomic E-state index is 0.0556. The number of aromatic nitrogens is 1. The molecule has 1 aliphatic heterocycles. The van der Waals surface area contributed by atoms with Crippen LogP contribution < -0.4 is 10.3 Å². The molecule has 0 fully saturated rings. The average molecular weight is 464 g/mol. The van der Waals surface area contributed by atoms with Crippen molar-refractivity contribution in [2.75, 3.05) is 6.61 Å². The standard InChI is InChI=1S/C14H10Br3NO2/c15-10-3-8-1-2-20-13(8)9(4-10)6-18-7-11(16)5-12(17)14(18)19/h3-5,7H,1-2,6H2. The van der Waals surface area contributed by atoms with Crippen molar-refractivity contribution in [3.63, 3.8) is 0 Å². The second-order valence-corrected chi connectivity index (χ2v) is 7.28. The molecule has 1 aromatic heterocycles. The molecule has 20 heavy (non-hydrogen) atoms. The maximum Gasteiger partial charge on any atom is 0.265 e. The van der Waals surface area contributed by atoms with Crippen LogP contribution in [0.15, 0.2) is 42.6 Å². The Kier molecular flexibility index (Phi) is 4.06. The molecule has 0 saturated carbocycles. The number of fused-ring (bicyclic) bond motifs is 1. The fourth-order valence-corrected chi connectivity index (χ4v) is 4.14. The molecule has 0 N–H and O–H groups in total. The second kappa shape index (κ2) is 5.66. The van der Waals surface area contributed by atoms with E-state index in [0.717, 1.165) is 26.7 Å². The van der Waals surface area contributed by atoms with Gasteiger partial charge in [0.25, 0.3) is 5.56 Å². The molecule has 0 aliphatic carbocycles. The Morgan fingerprint density at radius 1 is 1.15 bits per heavy atom. The summed E-state index contributed by atoms with van der Waals surface area (Å²) in [7, 11) is 0. The molecule has 2 heterocycles. The SMILES string of the molecule is O=c1c(Br)cc(Br)cn1Cc1cc(Br)cc2c1OCC2. The van der Waals surface area contributed by atoms with Crippen molar-refractivity contribution in [1.29, 1.82) is 0 Å². The van der Waals surface area contributed by atoms with Crippen molar-refractivity contribution in [2.24, 2.45) is 0 Å². The van der Waals surface area contributed by atoms with Gasteiger partial charge in [0, 0.05) is 27.1 Å². The Bertz CT molecular complexity index is 740. The van der Waals surface area contributed by atoms with Gasteiger partial charge in [-0.25, -0.2) is 0 Å². The van der Waals surface area contributed by atoms with Gasteiger partial charge < -0.3 is 9.30 Å². The summed E-state index contributed by atoms with van der Waals surface area (Å²) in [6.07, 6.45) is 2.70. The summed E-state index contributed by atoms with van der Waals surface area (Å²) < 4.78 is 9.77. The summed E-state index contributed by atoms with van der Waals surface area (Å²) in [5, 5.41) is 0. The average Bonchev–Trinajstić information content (AvgIpc) is 2.83. The van der Waals surface area contributed by atoms with E-state index in [-0.39, 0.29) is 5.56 Å². The van der Waals surface area contributed by atoms with E-state index in [1.807, 2.05) is 6.07 Å². The first-order chi connectivity index (χ1) is 9.54. The third-order valence-electron chi connectivity index (χ3n) is 3.17. The van der Waals surface area contributed by atoms with Crippen LogP contribution in [0.2, 0.25) is 0 Å². The van der Waals surface area contributed by atoms with Crippen molar-refractivity contribution < 1.29 is 4.74 Å².